The van der Waals surface area contributed by atoms with E-state index in [2.05, 4.69) is 22.1 Å². The van der Waals surface area contributed by atoms with Crippen LogP contribution < -0.4 is 9.47 Å². The molecule has 2 atom stereocenters. The second kappa shape index (κ2) is 11.2. The number of imidazole rings is 1. The Hall–Kier alpha value is -3.59. The lowest BCUT2D eigenvalue weighted by atomic mass is 9.88. The van der Waals surface area contributed by atoms with Crippen LogP contribution in [0.2, 0.25) is 5.02 Å². The lowest BCUT2D eigenvalue weighted by Crippen LogP contribution is -2.35. The van der Waals surface area contributed by atoms with E-state index in [4.69, 9.17) is 30.8 Å². The number of benzene rings is 3. The highest BCUT2D eigenvalue weighted by Crippen LogP contribution is 2.44. The van der Waals surface area contributed by atoms with Gasteiger partial charge in [0.15, 0.2) is 17.6 Å². The van der Waals surface area contributed by atoms with Crippen LogP contribution in [0.1, 0.15) is 53.8 Å². The number of fused-ring (bicyclic) bond motifs is 2. The Balaban J connectivity index is 1.05. The summed E-state index contributed by atoms with van der Waals surface area (Å²) in [7, 11) is 0. The van der Waals surface area contributed by atoms with Crippen LogP contribution in [0.25, 0.3) is 16.8 Å². The van der Waals surface area contributed by atoms with Crippen LogP contribution in [-0.4, -0.2) is 52.0 Å². The van der Waals surface area contributed by atoms with E-state index < -0.39 is 11.9 Å². The molecule has 3 aliphatic heterocycles. The molecule has 3 aliphatic rings. The minimum Gasteiger partial charge on any atom is -0.508 e. The third-order valence-electron chi connectivity index (χ3n) is 8.70. The molecule has 42 heavy (non-hydrogen) atoms. The Morgan fingerprint density at radius 1 is 1.07 bits per heavy atom. The molecule has 2 saturated heterocycles. The van der Waals surface area contributed by atoms with Crippen LogP contribution in [0, 0.1) is 5.82 Å². The van der Waals surface area contributed by atoms with Crippen LogP contribution >= 0.6 is 11.6 Å². The van der Waals surface area contributed by atoms with Gasteiger partial charge in [0, 0.05) is 28.3 Å². The van der Waals surface area contributed by atoms with Crippen molar-refractivity contribution in [3.05, 3.63) is 94.5 Å². The topological polar surface area (TPSA) is 69.0 Å². The molecular weight excluding hydrogens is 557 g/mol. The molecule has 0 aliphatic carbocycles. The van der Waals surface area contributed by atoms with Crippen molar-refractivity contribution in [2.45, 2.75) is 50.5 Å². The van der Waals surface area contributed by atoms with Gasteiger partial charge in [-0.05, 0) is 74.7 Å². The zero-order chi connectivity index (χ0) is 28.8. The molecule has 0 bridgehead atoms. The number of para-hydroxylation sites is 1. The first kappa shape index (κ1) is 27.3. The van der Waals surface area contributed by atoms with E-state index in [-0.39, 0.29) is 18.5 Å². The zero-order valence-electron chi connectivity index (χ0n) is 23.3. The van der Waals surface area contributed by atoms with E-state index in [1.807, 2.05) is 30.3 Å². The van der Waals surface area contributed by atoms with Crippen molar-refractivity contribution in [1.29, 1.82) is 0 Å². The maximum Gasteiger partial charge on any atom is 0.164 e. The molecule has 218 valence electrons. The van der Waals surface area contributed by atoms with Crippen molar-refractivity contribution in [3.63, 3.8) is 0 Å². The molecule has 2 fully saturated rings. The molecule has 0 spiro atoms. The van der Waals surface area contributed by atoms with Crippen LogP contribution in [0.4, 0.5) is 4.39 Å². The van der Waals surface area contributed by atoms with Gasteiger partial charge in [-0.15, -0.1) is 0 Å². The number of likely N-dealkylation sites (tertiary alicyclic amines) is 1. The summed E-state index contributed by atoms with van der Waals surface area (Å²) in [5.41, 5.74) is 4.19. The molecule has 0 amide bonds. The van der Waals surface area contributed by atoms with Gasteiger partial charge < -0.3 is 23.9 Å². The second-order valence-corrected chi connectivity index (χ2v) is 11.8. The third-order valence-corrected chi connectivity index (χ3v) is 8.93. The van der Waals surface area contributed by atoms with Gasteiger partial charge in [0.2, 0.25) is 0 Å². The summed E-state index contributed by atoms with van der Waals surface area (Å²) >= 11 is 5.93. The molecule has 3 aromatic carbocycles. The summed E-state index contributed by atoms with van der Waals surface area (Å²) in [4.78, 5) is 7.43. The first-order chi connectivity index (χ1) is 20.4. The molecule has 4 heterocycles. The van der Waals surface area contributed by atoms with Gasteiger partial charge >= 0.3 is 0 Å². The lowest BCUT2D eigenvalue weighted by molar-refractivity contribution is -0.0592. The van der Waals surface area contributed by atoms with E-state index >= 15 is 0 Å². The fourth-order valence-electron chi connectivity index (χ4n) is 6.27. The maximum absolute atomic E-state index is 14.5. The summed E-state index contributed by atoms with van der Waals surface area (Å²) in [5, 5.41) is 10.3. The van der Waals surface area contributed by atoms with E-state index in [9.17, 15) is 9.50 Å². The fourth-order valence-corrected chi connectivity index (χ4v) is 6.43. The highest BCUT2D eigenvalue weighted by atomic mass is 35.5. The Bertz CT molecular complexity index is 1640. The summed E-state index contributed by atoms with van der Waals surface area (Å²) in [6.45, 7) is 8.08. The van der Waals surface area contributed by atoms with Gasteiger partial charge in [0.1, 0.15) is 24.0 Å². The number of aliphatic hydroxyl groups is 1. The molecule has 7 nitrogen and oxygen atoms in total. The SMILES string of the molecule is C=C(O)c1ccc2nc(CN3CCC(c4cccc5c4OC[C@@H](c4ccc(Cl)cc4F)O5)CC3)n(C[C@@H]3CCO3)c2c1. The van der Waals surface area contributed by atoms with Gasteiger partial charge in [-0.1, -0.05) is 36.4 Å². The van der Waals surface area contributed by atoms with Crippen molar-refractivity contribution >= 4 is 28.4 Å². The van der Waals surface area contributed by atoms with Crippen molar-refractivity contribution in [2.75, 3.05) is 26.3 Å². The Kier molecular flexibility index (Phi) is 7.30. The predicted molar refractivity (Wildman–Crippen MR) is 160 cm³/mol. The molecule has 1 N–H and O–H groups in total. The molecule has 7 rings (SSSR count). The normalized spacial score (nSPS) is 20.9. The quantitative estimate of drug-likeness (QED) is 0.233. The maximum atomic E-state index is 14.5. The van der Waals surface area contributed by atoms with Gasteiger partial charge in [-0.2, -0.15) is 0 Å². The first-order valence-corrected chi connectivity index (χ1v) is 14.9. The molecule has 9 heteroatoms. The van der Waals surface area contributed by atoms with Crippen LogP contribution in [0.15, 0.2) is 61.2 Å². The molecule has 1 aromatic heterocycles. The van der Waals surface area contributed by atoms with Crippen LogP contribution in [0.5, 0.6) is 11.5 Å². The average molecular weight is 590 g/mol. The summed E-state index contributed by atoms with van der Waals surface area (Å²) in [6.07, 6.45) is 2.67. The Morgan fingerprint density at radius 2 is 1.90 bits per heavy atom. The van der Waals surface area contributed by atoms with E-state index in [1.54, 1.807) is 12.1 Å². The van der Waals surface area contributed by atoms with Crippen molar-refractivity contribution in [1.82, 2.24) is 14.5 Å². The van der Waals surface area contributed by atoms with Gasteiger partial charge in [-0.25, -0.2) is 9.37 Å². The lowest BCUT2D eigenvalue weighted by Gasteiger charge is -2.35. The largest absolute Gasteiger partial charge is 0.508 e. The van der Waals surface area contributed by atoms with E-state index in [0.29, 0.717) is 27.8 Å². The Morgan fingerprint density at radius 3 is 2.64 bits per heavy atom. The molecule has 4 aromatic rings. The number of ether oxygens (including phenoxy) is 3. The fraction of sp³-hybridized carbons (Fsp3) is 0.364. The van der Waals surface area contributed by atoms with Crippen molar-refractivity contribution in [3.8, 4) is 11.5 Å². The number of hydrogen-bond donors (Lipinski definition) is 1. The molecule has 0 radical (unpaired) electrons. The number of nitrogens with zero attached hydrogens (tertiary/aromatic N) is 3. The first-order valence-electron chi connectivity index (χ1n) is 14.5. The zero-order valence-corrected chi connectivity index (χ0v) is 24.0. The highest BCUT2D eigenvalue weighted by Gasteiger charge is 2.31. The summed E-state index contributed by atoms with van der Waals surface area (Å²) < 4.78 is 35.0. The number of halogens is 2. The van der Waals surface area contributed by atoms with Gasteiger partial charge in [-0.3, -0.25) is 4.90 Å². The van der Waals surface area contributed by atoms with Gasteiger partial charge in [0.25, 0.3) is 0 Å². The second-order valence-electron chi connectivity index (χ2n) is 11.4. The number of hydrogen-bond acceptors (Lipinski definition) is 6. The number of aromatic nitrogens is 2. The summed E-state index contributed by atoms with van der Waals surface area (Å²) in [5.74, 6) is 2.43. The predicted octanol–water partition coefficient (Wildman–Crippen LogP) is 7.04. The summed E-state index contributed by atoms with van der Waals surface area (Å²) in [6, 6.07) is 16.4. The van der Waals surface area contributed by atoms with E-state index in [0.717, 1.165) is 80.2 Å². The number of aliphatic hydroxyl groups excluding tert-OH is 1. The average Bonchev–Trinajstić information content (AvgIpc) is 3.30. The number of piperidine rings is 1. The molecule has 0 saturated carbocycles. The smallest absolute Gasteiger partial charge is 0.164 e. The van der Waals surface area contributed by atoms with Crippen LogP contribution in [-0.2, 0) is 17.8 Å². The van der Waals surface area contributed by atoms with Crippen molar-refractivity contribution < 1.29 is 23.7 Å². The van der Waals surface area contributed by atoms with Gasteiger partial charge in [0.05, 0.1) is 30.2 Å². The van der Waals surface area contributed by atoms with E-state index in [1.165, 1.54) is 6.07 Å². The standard InChI is InChI=1S/C33H33ClFN3O4/c1-20(39)22-5-8-28-29(15-22)38(17-24-11-14-40-24)32(36-28)18-37-12-9-21(10-13-37)25-3-2-4-30-33(25)41-19-31(42-30)26-7-6-23(34)16-27(26)35/h2-8,15-16,21,24,31,39H,1,9-14,17-19H2/t24-,31-/m0/s1. The number of rotatable bonds is 7. The Labute approximate surface area is 249 Å². The van der Waals surface area contributed by atoms with Crippen molar-refractivity contribution in [2.24, 2.45) is 0 Å². The molecule has 0 unspecified atom stereocenters. The van der Waals surface area contributed by atoms with Crippen LogP contribution in [0.3, 0.4) is 0 Å². The monoisotopic (exact) mass is 589 g/mol. The minimum absolute atomic E-state index is 0.0540. The highest BCUT2D eigenvalue weighted by molar-refractivity contribution is 6.30. The third kappa shape index (κ3) is 5.23. The molecular formula is C33H33ClFN3O4. The minimum atomic E-state index is -0.525.